The molecule has 1 heterocycles. The van der Waals surface area contributed by atoms with Gasteiger partial charge in [0, 0.05) is 13.5 Å². The lowest BCUT2D eigenvalue weighted by atomic mass is 10.0. The quantitative estimate of drug-likeness (QED) is 0.291. The number of imidazole rings is 1. The molecule has 0 N–H and O–H groups in total. The molecule has 0 fully saturated rings. The molecule has 2 nitrogen and oxygen atoms in total. The predicted molar refractivity (Wildman–Crippen MR) is 119 cm³/mol. The van der Waals surface area contributed by atoms with E-state index in [1.54, 1.807) is 0 Å². The second kappa shape index (κ2) is 13.0. The molecule has 0 radical (unpaired) electrons. The molecule has 0 aliphatic rings. The first-order valence-electron chi connectivity index (χ1n) is 11.6. The van der Waals surface area contributed by atoms with Crippen LogP contribution in [0.2, 0.25) is 0 Å². The van der Waals surface area contributed by atoms with E-state index in [4.69, 9.17) is 4.98 Å². The third-order valence-electron chi connectivity index (χ3n) is 5.96. The van der Waals surface area contributed by atoms with E-state index < -0.39 is 0 Å². The monoisotopic (exact) mass is 370 g/mol. The van der Waals surface area contributed by atoms with Gasteiger partial charge in [0.2, 0.25) is 0 Å². The summed E-state index contributed by atoms with van der Waals surface area (Å²) in [5.41, 5.74) is 3.74. The van der Waals surface area contributed by atoms with E-state index >= 15 is 0 Å². The maximum atomic E-state index is 4.87. The van der Waals surface area contributed by atoms with Crippen LogP contribution >= 0.6 is 0 Å². The number of benzene rings is 1. The Hall–Kier alpha value is -1.31. The minimum Gasteiger partial charge on any atom is -0.331 e. The van der Waals surface area contributed by atoms with Crippen molar-refractivity contribution in [2.75, 3.05) is 0 Å². The van der Waals surface area contributed by atoms with Crippen LogP contribution in [0.5, 0.6) is 0 Å². The predicted octanol–water partition coefficient (Wildman–Crippen LogP) is 7.91. The third kappa shape index (κ3) is 7.68. The molecule has 27 heavy (non-hydrogen) atoms. The molecule has 2 rings (SSSR count). The van der Waals surface area contributed by atoms with Crippen LogP contribution in [0.3, 0.4) is 0 Å². The molecule has 0 amide bonds. The number of aryl methyl sites for hydroxylation is 3. The summed E-state index contributed by atoms with van der Waals surface area (Å²) in [4.78, 5) is 4.87. The highest BCUT2D eigenvalue weighted by atomic mass is 15.1. The smallest absolute Gasteiger partial charge is 0.109 e. The highest BCUT2D eigenvalue weighted by molar-refractivity contribution is 5.79. The number of hydrogen-bond acceptors (Lipinski definition) is 1. The Labute approximate surface area is 167 Å². The van der Waals surface area contributed by atoms with Gasteiger partial charge >= 0.3 is 0 Å². The molecule has 2 aromatic rings. The van der Waals surface area contributed by atoms with Gasteiger partial charge in [0.05, 0.1) is 11.0 Å². The Morgan fingerprint density at radius 1 is 0.741 bits per heavy atom. The lowest BCUT2D eigenvalue weighted by Gasteiger charge is -2.04. The van der Waals surface area contributed by atoms with Crippen molar-refractivity contribution in [2.45, 2.75) is 110 Å². The van der Waals surface area contributed by atoms with Crippen molar-refractivity contribution in [3.8, 4) is 0 Å². The molecule has 1 aromatic carbocycles. The van der Waals surface area contributed by atoms with Crippen molar-refractivity contribution in [1.29, 1.82) is 0 Å². The van der Waals surface area contributed by atoms with Crippen molar-refractivity contribution < 1.29 is 0 Å². The van der Waals surface area contributed by atoms with Crippen molar-refractivity contribution >= 4 is 11.0 Å². The first kappa shape index (κ1) is 22.0. The minimum atomic E-state index is 1.11. The molecule has 0 atom stereocenters. The zero-order valence-electron chi connectivity index (χ0n) is 18.2. The SMILES string of the molecule is CCCCCCCCCCCCCCCCc1nc2c(C)cccc2n1C. The zero-order valence-corrected chi connectivity index (χ0v) is 18.2. The Morgan fingerprint density at radius 2 is 1.26 bits per heavy atom. The lowest BCUT2D eigenvalue weighted by Crippen LogP contribution is -1.97. The summed E-state index contributed by atoms with van der Waals surface area (Å²) < 4.78 is 2.28. The maximum Gasteiger partial charge on any atom is 0.109 e. The highest BCUT2D eigenvalue weighted by Gasteiger charge is 2.08. The van der Waals surface area contributed by atoms with E-state index in [0.717, 1.165) is 6.42 Å². The van der Waals surface area contributed by atoms with E-state index in [9.17, 15) is 0 Å². The molecule has 0 aliphatic heterocycles. The van der Waals surface area contributed by atoms with Gasteiger partial charge in [-0.05, 0) is 25.0 Å². The fourth-order valence-electron chi connectivity index (χ4n) is 4.10. The van der Waals surface area contributed by atoms with Gasteiger partial charge in [-0.2, -0.15) is 0 Å². The van der Waals surface area contributed by atoms with Crippen LogP contribution in [0.25, 0.3) is 11.0 Å². The first-order valence-corrected chi connectivity index (χ1v) is 11.6. The summed E-state index contributed by atoms with van der Waals surface area (Å²) in [6.45, 7) is 4.45. The molecular weight excluding hydrogens is 328 g/mol. The summed E-state index contributed by atoms with van der Waals surface area (Å²) in [6, 6.07) is 6.48. The molecule has 0 bridgehead atoms. The third-order valence-corrected chi connectivity index (χ3v) is 5.96. The topological polar surface area (TPSA) is 17.8 Å². The van der Waals surface area contributed by atoms with Gasteiger partial charge in [-0.3, -0.25) is 0 Å². The van der Waals surface area contributed by atoms with Crippen molar-refractivity contribution in [2.24, 2.45) is 7.05 Å². The number of fused-ring (bicyclic) bond motifs is 1. The summed E-state index contributed by atoms with van der Waals surface area (Å²) >= 11 is 0. The van der Waals surface area contributed by atoms with Gasteiger partial charge < -0.3 is 4.57 Å². The lowest BCUT2D eigenvalue weighted by molar-refractivity contribution is 0.534. The van der Waals surface area contributed by atoms with Gasteiger partial charge in [-0.25, -0.2) is 4.98 Å². The van der Waals surface area contributed by atoms with E-state index in [-0.39, 0.29) is 0 Å². The van der Waals surface area contributed by atoms with Gasteiger partial charge in [-0.1, -0.05) is 103 Å². The molecule has 0 aliphatic carbocycles. The zero-order chi connectivity index (χ0) is 19.3. The number of rotatable bonds is 15. The van der Waals surface area contributed by atoms with Gasteiger partial charge in [0.1, 0.15) is 5.82 Å². The number of para-hydroxylation sites is 1. The summed E-state index contributed by atoms with van der Waals surface area (Å²) in [5, 5.41) is 0. The fourth-order valence-corrected chi connectivity index (χ4v) is 4.10. The first-order chi connectivity index (χ1) is 13.2. The molecule has 0 saturated carbocycles. The van der Waals surface area contributed by atoms with Crippen molar-refractivity contribution in [3.05, 3.63) is 29.6 Å². The average Bonchev–Trinajstić information content (AvgIpc) is 2.99. The van der Waals surface area contributed by atoms with Crippen LogP contribution in [0.1, 0.15) is 108 Å². The van der Waals surface area contributed by atoms with Gasteiger partial charge in [0.25, 0.3) is 0 Å². The maximum absolute atomic E-state index is 4.87. The summed E-state index contributed by atoms with van der Waals surface area (Å²) in [6.07, 6.45) is 20.9. The molecule has 0 unspecified atom stereocenters. The van der Waals surface area contributed by atoms with Gasteiger partial charge in [0.15, 0.2) is 0 Å². The fraction of sp³-hybridized carbons (Fsp3) is 0.720. The Balaban J connectivity index is 1.46. The van der Waals surface area contributed by atoms with E-state index in [1.807, 2.05) is 0 Å². The molecule has 0 saturated heterocycles. The molecular formula is C25H42N2. The van der Waals surface area contributed by atoms with E-state index in [1.165, 1.54) is 112 Å². The standard InChI is InChI=1S/C25H42N2/c1-4-5-6-7-8-9-10-11-12-13-14-15-16-17-21-24-26-25-22(2)19-18-20-23(25)27(24)3/h18-20H,4-17,21H2,1-3H3. The van der Waals surface area contributed by atoms with Crippen LogP contribution in [0, 0.1) is 6.92 Å². The van der Waals surface area contributed by atoms with Crippen LogP contribution in [-0.4, -0.2) is 9.55 Å². The minimum absolute atomic E-state index is 1.11. The second-order valence-corrected chi connectivity index (χ2v) is 8.38. The number of aromatic nitrogens is 2. The molecule has 0 spiro atoms. The van der Waals surface area contributed by atoms with Crippen molar-refractivity contribution in [3.63, 3.8) is 0 Å². The Morgan fingerprint density at radius 3 is 1.78 bits per heavy atom. The molecule has 1 aromatic heterocycles. The Bertz CT molecular complexity index is 641. The number of hydrogen-bond donors (Lipinski definition) is 0. The van der Waals surface area contributed by atoms with Crippen molar-refractivity contribution in [1.82, 2.24) is 9.55 Å². The summed E-state index contributed by atoms with van der Waals surface area (Å²) in [7, 11) is 2.16. The van der Waals surface area contributed by atoms with Gasteiger partial charge in [-0.15, -0.1) is 0 Å². The Kier molecular flexibility index (Phi) is 10.6. The van der Waals surface area contributed by atoms with Crippen LogP contribution in [0.4, 0.5) is 0 Å². The normalized spacial score (nSPS) is 11.5. The number of unbranched alkanes of at least 4 members (excludes halogenated alkanes) is 13. The van der Waals surface area contributed by atoms with Crippen LogP contribution in [-0.2, 0) is 13.5 Å². The van der Waals surface area contributed by atoms with E-state index in [0.29, 0.717) is 0 Å². The average molecular weight is 371 g/mol. The molecule has 2 heteroatoms. The highest BCUT2D eigenvalue weighted by Crippen LogP contribution is 2.20. The van der Waals surface area contributed by atoms with Crippen LogP contribution < -0.4 is 0 Å². The van der Waals surface area contributed by atoms with E-state index in [2.05, 4.69) is 43.7 Å². The number of nitrogens with zero attached hydrogens (tertiary/aromatic N) is 2. The molecule has 152 valence electrons. The second-order valence-electron chi connectivity index (χ2n) is 8.38. The largest absolute Gasteiger partial charge is 0.331 e. The summed E-state index contributed by atoms with van der Waals surface area (Å²) in [5.74, 6) is 1.25. The van der Waals surface area contributed by atoms with Crippen LogP contribution in [0.15, 0.2) is 18.2 Å².